The molecule has 0 radical (unpaired) electrons. The zero-order valence-electron chi connectivity index (χ0n) is 18.4. The summed E-state index contributed by atoms with van der Waals surface area (Å²) in [6.07, 6.45) is 0. The molecule has 8 nitrogen and oxygen atoms in total. The summed E-state index contributed by atoms with van der Waals surface area (Å²) in [5, 5.41) is 10.4. The van der Waals surface area contributed by atoms with E-state index < -0.39 is 0 Å². The number of aromatic nitrogens is 2. The number of carbonyl (C=O) groups excluding carboxylic acids is 2. The predicted octanol–water partition coefficient (Wildman–Crippen LogP) is 3.42. The molecule has 4 rings (SSSR count). The second-order valence-electron chi connectivity index (χ2n) is 7.86. The molecule has 1 aromatic heterocycles. The average molecular weight is 468 g/mol. The summed E-state index contributed by atoms with van der Waals surface area (Å²) in [5.41, 5.74) is 3.20. The predicted molar refractivity (Wildman–Crippen MR) is 128 cm³/mol. The quantitative estimate of drug-likeness (QED) is 0.556. The molecule has 0 spiro atoms. The van der Waals surface area contributed by atoms with Gasteiger partial charge in [-0.2, -0.15) is 5.10 Å². The fourth-order valence-corrected chi connectivity index (χ4v) is 3.99. The molecule has 0 saturated carbocycles. The van der Waals surface area contributed by atoms with Crippen LogP contribution in [0.3, 0.4) is 0 Å². The molecule has 33 heavy (non-hydrogen) atoms. The molecule has 1 saturated heterocycles. The number of ether oxygens (including phenoxy) is 1. The largest absolute Gasteiger partial charge is 0.379 e. The van der Waals surface area contributed by atoms with Crippen LogP contribution in [0.4, 0.5) is 11.4 Å². The van der Waals surface area contributed by atoms with Gasteiger partial charge in [-0.05, 0) is 36.8 Å². The molecule has 1 aliphatic heterocycles. The Balaban J connectivity index is 1.36. The third-order valence-corrected chi connectivity index (χ3v) is 5.75. The van der Waals surface area contributed by atoms with Crippen LogP contribution in [0.15, 0.2) is 54.6 Å². The number of amides is 2. The van der Waals surface area contributed by atoms with Crippen molar-refractivity contribution in [3.63, 3.8) is 0 Å². The minimum atomic E-state index is -0.332. The highest BCUT2D eigenvalue weighted by atomic mass is 35.5. The van der Waals surface area contributed by atoms with Crippen molar-refractivity contribution < 1.29 is 14.3 Å². The van der Waals surface area contributed by atoms with E-state index in [1.54, 1.807) is 35.9 Å². The molecule has 2 heterocycles. The first kappa shape index (κ1) is 23.0. The number of nitrogens with one attached hydrogen (secondary N) is 2. The van der Waals surface area contributed by atoms with Crippen LogP contribution in [-0.4, -0.2) is 59.3 Å². The molecule has 172 valence electrons. The van der Waals surface area contributed by atoms with Gasteiger partial charge in [-0.1, -0.05) is 41.9 Å². The van der Waals surface area contributed by atoms with Crippen LogP contribution in [0.5, 0.6) is 0 Å². The lowest BCUT2D eigenvalue weighted by Crippen LogP contribution is -2.41. The van der Waals surface area contributed by atoms with Crippen molar-refractivity contribution >= 4 is 34.8 Å². The topological polar surface area (TPSA) is 88.5 Å². The van der Waals surface area contributed by atoms with Crippen molar-refractivity contribution in [3.8, 4) is 0 Å². The van der Waals surface area contributed by atoms with Crippen LogP contribution in [0.2, 0.25) is 5.15 Å². The number of aryl methyl sites for hydroxylation is 1. The number of halogens is 1. The maximum Gasteiger partial charge on any atom is 0.260 e. The Kier molecular flexibility index (Phi) is 7.39. The van der Waals surface area contributed by atoms with Gasteiger partial charge in [0.2, 0.25) is 5.91 Å². The molecule has 2 amide bonds. The van der Waals surface area contributed by atoms with Crippen molar-refractivity contribution in [2.45, 2.75) is 13.5 Å². The summed E-state index contributed by atoms with van der Waals surface area (Å²) in [5.74, 6) is -0.414. The van der Waals surface area contributed by atoms with Gasteiger partial charge in [0.1, 0.15) is 5.15 Å². The molecule has 1 aliphatic rings. The van der Waals surface area contributed by atoms with Gasteiger partial charge in [0.05, 0.1) is 37.6 Å². The second kappa shape index (κ2) is 10.6. The lowest BCUT2D eigenvalue weighted by Gasteiger charge is -2.25. The summed E-state index contributed by atoms with van der Waals surface area (Å²) in [4.78, 5) is 27.2. The fraction of sp³-hybridized carbons (Fsp3) is 0.292. The van der Waals surface area contributed by atoms with Gasteiger partial charge >= 0.3 is 0 Å². The number of morpholine rings is 1. The Labute approximate surface area is 197 Å². The van der Waals surface area contributed by atoms with Crippen LogP contribution in [0, 0.1) is 6.92 Å². The van der Waals surface area contributed by atoms with Gasteiger partial charge in [-0.25, -0.2) is 4.68 Å². The summed E-state index contributed by atoms with van der Waals surface area (Å²) in [6.45, 7) is 5.37. The molecule has 0 aliphatic carbocycles. The zero-order chi connectivity index (χ0) is 23.2. The number of carbonyl (C=O) groups is 2. The molecule has 3 aromatic rings. The summed E-state index contributed by atoms with van der Waals surface area (Å²) < 4.78 is 6.92. The van der Waals surface area contributed by atoms with Crippen molar-refractivity contribution in [1.82, 2.24) is 14.7 Å². The van der Waals surface area contributed by atoms with Crippen LogP contribution in [0.1, 0.15) is 21.6 Å². The molecule has 0 atom stereocenters. The number of rotatable bonds is 7. The van der Waals surface area contributed by atoms with Crippen molar-refractivity contribution in [2.24, 2.45) is 0 Å². The van der Waals surface area contributed by atoms with Gasteiger partial charge in [-0.3, -0.25) is 14.5 Å². The van der Waals surface area contributed by atoms with Gasteiger partial charge in [0, 0.05) is 24.5 Å². The summed E-state index contributed by atoms with van der Waals surface area (Å²) in [7, 11) is 0. The lowest BCUT2D eigenvalue weighted by atomic mass is 10.2. The van der Waals surface area contributed by atoms with Gasteiger partial charge in [0.25, 0.3) is 5.91 Å². The van der Waals surface area contributed by atoms with Crippen molar-refractivity contribution in [2.75, 3.05) is 43.5 Å². The van der Waals surface area contributed by atoms with Crippen LogP contribution >= 0.6 is 11.6 Å². The number of hydrogen-bond acceptors (Lipinski definition) is 5. The first-order valence-corrected chi connectivity index (χ1v) is 11.2. The monoisotopic (exact) mass is 467 g/mol. The SMILES string of the molecule is Cc1nn(Cc2ccccc2)c(Cl)c1C(=O)Nc1ccc(NC(=O)CN2CCOCC2)cc1. The Bertz CT molecular complexity index is 1110. The van der Waals surface area contributed by atoms with E-state index in [2.05, 4.69) is 20.6 Å². The van der Waals surface area contributed by atoms with Crippen LogP contribution in [-0.2, 0) is 16.1 Å². The third-order valence-electron chi connectivity index (χ3n) is 5.37. The maximum atomic E-state index is 12.9. The van der Waals surface area contributed by atoms with Crippen LogP contribution in [0.25, 0.3) is 0 Å². The number of nitrogens with zero attached hydrogens (tertiary/aromatic N) is 3. The molecule has 2 aromatic carbocycles. The van der Waals surface area contributed by atoms with E-state index in [4.69, 9.17) is 16.3 Å². The molecule has 9 heteroatoms. The first-order chi connectivity index (χ1) is 16.0. The van der Waals surface area contributed by atoms with Crippen molar-refractivity contribution in [1.29, 1.82) is 0 Å². The summed E-state index contributed by atoms with van der Waals surface area (Å²) in [6, 6.07) is 16.8. The number of benzene rings is 2. The van der Waals surface area contributed by atoms with Gasteiger partial charge in [-0.15, -0.1) is 0 Å². The molecular weight excluding hydrogens is 442 g/mol. The van der Waals surface area contributed by atoms with Gasteiger partial charge in [0.15, 0.2) is 0 Å². The zero-order valence-corrected chi connectivity index (χ0v) is 19.1. The molecule has 1 fully saturated rings. The minimum absolute atomic E-state index is 0.0816. The molecule has 0 bridgehead atoms. The lowest BCUT2D eigenvalue weighted by molar-refractivity contribution is -0.118. The summed E-state index contributed by atoms with van der Waals surface area (Å²) >= 11 is 6.48. The molecule has 0 unspecified atom stereocenters. The Morgan fingerprint density at radius 1 is 1.00 bits per heavy atom. The van der Waals surface area contributed by atoms with E-state index in [9.17, 15) is 9.59 Å². The molecule has 2 N–H and O–H groups in total. The average Bonchev–Trinajstić information content (AvgIpc) is 3.09. The third kappa shape index (κ3) is 5.98. The van der Waals surface area contributed by atoms with E-state index >= 15 is 0 Å². The second-order valence-corrected chi connectivity index (χ2v) is 8.22. The smallest absolute Gasteiger partial charge is 0.260 e. The van der Waals surface area contributed by atoms with Crippen LogP contribution < -0.4 is 10.6 Å². The van der Waals surface area contributed by atoms with E-state index in [-0.39, 0.29) is 11.8 Å². The highest BCUT2D eigenvalue weighted by molar-refractivity contribution is 6.33. The van der Waals surface area contributed by atoms with E-state index in [1.807, 2.05) is 30.3 Å². The highest BCUT2D eigenvalue weighted by Crippen LogP contribution is 2.23. The maximum absolute atomic E-state index is 12.9. The normalized spacial score (nSPS) is 14.1. The van der Waals surface area contributed by atoms with E-state index in [0.717, 1.165) is 18.7 Å². The molecular formula is C24H26ClN5O3. The van der Waals surface area contributed by atoms with E-state index in [0.29, 0.717) is 54.1 Å². The first-order valence-electron chi connectivity index (χ1n) is 10.8. The number of hydrogen-bond donors (Lipinski definition) is 2. The number of anilines is 2. The Hall–Kier alpha value is -3.20. The van der Waals surface area contributed by atoms with E-state index in [1.165, 1.54) is 0 Å². The standard InChI is InChI=1S/C24H26ClN5O3/c1-17-22(23(25)30(28-17)15-18-5-3-2-4-6-18)24(32)27-20-9-7-19(8-10-20)26-21(31)16-29-11-13-33-14-12-29/h2-10H,11-16H2,1H3,(H,26,31)(H,27,32). The highest BCUT2D eigenvalue weighted by Gasteiger charge is 2.21. The minimum Gasteiger partial charge on any atom is -0.379 e. The van der Waals surface area contributed by atoms with Crippen molar-refractivity contribution in [3.05, 3.63) is 76.6 Å². The Morgan fingerprint density at radius 3 is 2.30 bits per heavy atom. The Morgan fingerprint density at radius 2 is 1.64 bits per heavy atom. The fourth-order valence-electron chi connectivity index (χ4n) is 3.67. The van der Waals surface area contributed by atoms with Gasteiger partial charge < -0.3 is 15.4 Å².